The largest absolute Gasteiger partial charge is 0.494 e. The highest BCUT2D eigenvalue weighted by Gasteiger charge is 2.18. The fourth-order valence-corrected chi connectivity index (χ4v) is 2.60. The van der Waals surface area contributed by atoms with Gasteiger partial charge in [0.15, 0.2) is 11.6 Å². The van der Waals surface area contributed by atoms with Crippen LogP contribution in [0.2, 0.25) is 0 Å². The van der Waals surface area contributed by atoms with Crippen molar-refractivity contribution in [3.63, 3.8) is 0 Å². The molecule has 1 saturated heterocycles. The highest BCUT2D eigenvalue weighted by atomic mass is 19.1. The summed E-state index contributed by atoms with van der Waals surface area (Å²) in [6.45, 7) is 8.36. The number of nitrogens with one attached hydrogen (secondary N) is 1. The third kappa shape index (κ3) is 3.60. The molecule has 0 aliphatic carbocycles. The monoisotopic (exact) mass is 266 g/mol. The third-order valence-electron chi connectivity index (χ3n) is 3.55. The van der Waals surface area contributed by atoms with Crippen molar-refractivity contribution in [2.24, 2.45) is 11.8 Å². The Bertz CT molecular complexity index is 413. The standard InChI is InChI=1S/C15H23FN2O/c1-11-7-17-8-12(2)10-18(9-11)13-4-5-15(19-3)14(16)6-13/h4-6,11-12,17H,7-10H2,1-3H3. The summed E-state index contributed by atoms with van der Waals surface area (Å²) in [6, 6.07) is 5.22. The van der Waals surface area contributed by atoms with Crippen LogP contribution < -0.4 is 15.0 Å². The Morgan fingerprint density at radius 2 is 1.84 bits per heavy atom. The average Bonchev–Trinajstić information content (AvgIpc) is 2.35. The number of benzene rings is 1. The van der Waals surface area contributed by atoms with Gasteiger partial charge < -0.3 is 15.0 Å². The lowest BCUT2D eigenvalue weighted by Crippen LogP contribution is -2.42. The summed E-state index contributed by atoms with van der Waals surface area (Å²) in [5, 5.41) is 3.47. The number of hydrogen-bond donors (Lipinski definition) is 1. The molecule has 1 aliphatic heterocycles. The van der Waals surface area contributed by atoms with E-state index in [9.17, 15) is 4.39 Å². The molecule has 1 heterocycles. The fourth-order valence-electron chi connectivity index (χ4n) is 2.60. The van der Waals surface area contributed by atoms with Crippen LogP contribution in [0.15, 0.2) is 18.2 Å². The summed E-state index contributed by atoms with van der Waals surface area (Å²) in [5.74, 6) is 1.12. The van der Waals surface area contributed by atoms with Crippen molar-refractivity contribution >= 4 is 5.69 Å². The van der Waals surface area contributed by atoms with E-state index >= 15 is 0 Å². The molecule has 19 heavy (non-hydrogen) atoms. The first-order valence-electron chi connectivity index (χ1n) is 6.89. The van der Waals surface area contributed by atoms with E-state index < -0.39 is 0 Å². The molecule has 1 N–H and O–H groups in total. The van der Waals surface area contributed by atoms with E-state index in [1.54, 1.807) is 12.1 Å². The Kier molecular flexibility index (Phi) is 4.64. The van der Waals surface area contributed by atoms with E-state index in [0.717, 1.165) is 31.9 Å². The molecular weight excluding hydrogens is 243 g/mol. The maximum atomic E-state index is 13.8. The van der Waals surface area contributed by atoms with Crippen LogP contribution in [0.1, 0.15) is 13.8 Å². The summed E-state index contributed by atoms with van der Waals surface area (Å²) in [4.78, 5) is 2.28. The highest BCUT2D eigenvalue weighted by molar-refractivity contribution is 5.50. The number of ether oxygens (including phenoxy) is 1. The van der Waals surface area contributed by atoms with Crippen molar-refractivity contribution in [1.29, 1.82) is 0 Å². The highest BCUT2D eigenvalue weighted by Crippen LogP contribution is 2.25. The summed E-state index contributed by atoms with van der Waals surface area (Å²) in [6.07, 6.45) is 0. The van der Waals surface area contributed by atoms with Gasteiger partial charge >= 0.3 is 0 Å². The van der Waals surface area contributed by atoms with Gasteiger partial charge in [0.2, 0.25) is 0 Å². The van der Waals surface area contributed by atoms with E-state index in [4.69, 9.17) is 4.74 Å². The SMILES string of the molecule is COc1ccc(N2CC(C)CNCC(C)C2)cc1F. The predicted molar refractivity (Wildman–Crippen MR) is 76.4 cm³/mol. The molecule has 1 fully saturated rings. The van der Waals surface area contributed by atoms with Gasteiger partial charge in [-0.3, -0.25) is 0 Å². The zero-order valence-corrected chi connectivity index (χ0v) is 11.9. The quantitative estimate of drug-likeness (QED) is 0.890. The van der Waals surface area contributed by atoms with Gasteiger partial charge in [0, 0.05) is 24.8 Å². The van der Waals surface area contributed by atoms with Crippen LogP contribution in [0, 0.1) is 17.7 Å². The van der Waals surface area contributed by atoms with E-state index in [1.807, 2.05) is 6.07 Å². The van der Waals surface area contributed by atoms with Gasteiger partial charge in [-0.25, -0.2) is 4.39 Å². The van der Waals surface area contributed by atoms with Crippen molar-refractivity contribution in [3.8, 4) is 5.75 Å². The number of rotatable bonds is 2. The van der Waals surface area contributed by atoms with E-state index in [0.29, 0.717) is 17.6 Å². The molecule has 1 aromatic carbocycles. The maximum Gasteiger partial charge on any atom is 0.167 e. The van der Waals surface area contributed by atoms with E-state index in [2.05, 4.69) is 24.1 Å². The van der Waals surface area contributed by atoms with Crippen LogP contribution in [0.5, 0.6) is 5.75 Å². The summed E-state index contributed by atoms with van der Waals surface area (Å²) in [7, 11) is 1.49. The van der Waals surface area contributed by atoms with E-state index in [1.165, 1.54) is 7.11 Å². The van der Waals surface area contributed by atoms with Crippen molar-refractivity contribution in [1.82, 2.24) is 5.32 Å². The second-order valence-corrected chi connectivity index (χ2v) is 5.59. The number of nitrogens with zero attached hydrogens (tertiary/aromatic N) is 1. The number of halogens is 1. The number of anilines is 1. The van der Waals surface area contributed by atoms with Crippen LogP contribution in [0.4, 0.5) is 10.1 Å². The molecule has 4 heteroatoms. The molecule has 0 saturated carbocycles. The normalized spacial score (nSPS) is 24.7. The van der Waals surface area contributed by atoms with Gasteiger partial charge in [0.05, 0.1) is 7.11 Å². The summed E-state index contributed by atoms with van der Waals surface area (Å²) in [5.41, 5.74) is 0.943. The molecule has 2 atom stereocenters. The molecule has 106 valence electrons. The predicted octanol–water partition coefficient (Wildman–Crippen LogP) is 2.52. The topological polar surface area (TPSA) is 24.5 Å². The lowest BCUT2D eigenvalue weighted by atomic mass is 10.0. The van der Waals surface area contributed by atoms with Crippen molar-refractivity contribution < 1.29 is 9.13 Å². The molecule has 0 spiro atoms. The van der Waals surface area contributed by atoms with Crippen LogP contribution in [-0.4, -0.2) is 33.3 Å². The van der Waals surface area contributed by atoms with E-state index in [-0.39, 0.29) is 5.82 Å². The number of hydrogen-bond acceptors (Lipinski definition) is 3. The van der Waals surface area contributed by atoms with Crippen molar-refractivity contribution in [2.45, 2.75) is 13.8 Å². The van der Waals surface area contributed by atoms with Gasteiger partial charge in [0.25, 0.3) is 0 Å². The molecule has 0 bridgehead atoms. The molecule has 2 rings (SSSR count). The molecule has 0 amide bonds. The van der Waals surface area contributed by atoms with Gasteiger partial charge in [-0.2, -0.15) is 0 Å². The fraction of sp³-hybridized carbons (Fsp3) is 0.600. The summed E-state index contributed by atoms with van der Waals surface area (Å²) < 4.78 is 18.8. The van der Waals surface area contributed by atoms with Crippen LogP contribution in [0.25, 0.3) is 0 Å². The third-order valence-corrected chi connectivity index (χ3v) is 3.55. The first-order chi connectivity index (χ1) is 9.10. The molecule has 1 aromatic rings. The second-order valence-electron chi connectivity index (χ2n) is 5.59. The lowest BCUT2D eigenvalue weighted by molar-refractivity contribution is 0.385. The Labute approximate surface area is 114 Å². The average molecular weight is 266 g/mol. The second kappa shape index (κ2) is 6.24. The van der Waals surface area contributed by atoms with Crippen molar-refractivity contribution in [2.75, 3.05) is 38.2 Å². The molecule has 1 aliphatic rings. The Hall–Kier alpha value is -1.29. The van der Waals surface area contributed by atoms with Gasteiger partial charge in [-0.05, 0) is 37.1 Å². The number of methoxy groups -OCH3 is 1. The Morgan fingerprint density at radius 1 is 1.21 bits per heavy atom. The minimum absolute atomic E-state index is 0.291. The Balaban J connectivity index is 2.19. The van der Waals surface area contributed by atoms with Crippen molar-refractivity contribution in [3.05, 3.63) is 24.0 Å². The molecule has 0 radical (unpaired) electrons. The van der Waals surface area contributed by atoms with Crippen LogP contribution in [-0.2, 0) is 0 Å². The first kappa shape index (κ1) is 14.1. The molecule has 0 aromatic heterocycles. The smallest absolute Gasteiger partial charge is 0.167 e. The van der Waals surface area contributed by atoms with Gasteiger partial charge in [0.1, 0.15) is 0 Å². The molecular formula is C15H23FN2O. The minimum atomic E-state index is -0.291. The summed E-state index contributed by atoms with van der Waals surface area (Å²) >= 11 is 0. The lowest BCUT2D eigenvalue weighted by Gasteiger charge is -2.33. The van der Waals surface area contributed by atoms with Crippen LogP contribution >= 0.6 is 0 Å². The molecule has 2 unspecified atom stereocenters. The Morgan fingerprint density at radius 3 is 2.37 bits per heavy atom. The van der Waals surface area contributed by atoms with Gasteiger partial charge in [-0.1, -0.05) is 13.8 Å². The maximum absolute atomic E-state index is 13.8. The molecule has 3 nitrogen and oxygen atoms in total. The zero-order valence-electron chi connectivity index (χ0n) is 11.9. The zero-order chi connectivity index (χ0) is 13.8. The van der Waals surface area contributed by atoms with Crippen LogP contribution in [0.3, 0.4) is 0 Å². The first-order valence-corrected chi connectivity index (χ1v) is 6.89. The van der Waals surface area contributed by atoms with Gasteiger partial charge in [-0.15, -0.1) is 0 Å². The minimum Gasteiger partial charge on any atom is -0.494 e.